The molecule has 0 saturated heterocycles. The predicted octanol–water partition coefficient (Wildman–Crippen LogP) is 3.53. The van der Waals surface area contributed by atoms with Crippen molar-refractivity contribution in [2.75, 3.05) is 0 Å². The molecular formula is C11H17ClN2. The number of halogens is 1. The molecule has 1 aromatic heterocycles. The van der Waals surface area contributed by atoms with Crippen LogP contribution in [0.2, 0.25) is 0 Å². The van der Waals surface area contributed by atoms with E-state index in [2.05, 4.69) is 30.7 Å². The lowest BCUT2D eigenvalue weighted by Crippen LogP contribution is -2.01. The van der Waals surface area contributed by atoms with E-state index < -0.39 is 0 Å². The number of H-pyrrole nitrogens is 1. The third kappa shape index (κ3) is 1.81. The molecule has 1 N–H and O–H groups in total. The molecule has 1 saturated carbocycles. The van der Waals surface area contributed by atoms with E-state index in [9.17, 15) is 0 Å². The van der Waals surface area contributed by atoms with E-state index in [4.69, 9.17) is 11.6 Å². The fraction of sp³-hybridized carbons (Fsp3) is 0.727. The van der Waals surface area contributed by atoms with Crippen LogP contribution in [0.4, 0.5) is 0 Å². The van der Waals surface area contributed by atoms with E-state index >= 15 is 0 Å². The Morgan fingerprint density at radius 1 is 1.43 bits per heavy atom. The maximum atomic E-state index is 6.30. The summed E-state index contributed by atoms with van der Waals surface area (Å²) in [6.07, 6.45) is 2.56. The summed E-state index contributed by atoms with van der Waals surface area (Å²) in [4.78, 5) is 7.95. The van der Waals surface area contributed by atoms with Gasteiger partial charge in [-0.15, -0.1) is 11.6 Å². The Hall–Kier alpha value is -0.500. The van der Waals surface area contributed by atoms with E-state index in [0.29, 0.717) is 11.8 Å². The lowest BCUT2D eigenvalue weighted by Gasteiger charge is -2.10. The van der Waals surface area contributed by atoms with Gasteiger partial charge in [-0.05, 0) is 25.7 Å². The molecule has 2 rings (SSSR count). The van der Waals surface area contributed by atoms with E-state index in [1.54, 1.807) is 0 Å². The van der Waals surface area contributed by atoms with Crippen molar-refractivity contribution in [3.05, 3.63) is 17.2 Å². The first-order valence-corrected chi connectivity index (χ1v) is 5.73. The first-order valence-electron chi connectivity index (χ1n) is 5.30. The summed E-state index contributed by atoms with van der Waals surface area (Å²) in [5.74, 6) is 2.26. The van der Waals surface area contributed by atoms with Crippen molar-refractivity contribution in [3.8, 4) is 0 Å². The monoisotopic (exact) mass is 212 g/mol. The van der Waals surface area contributed by atoms with Gasteiger partial charge in [0.15, 0.2) is 0 Å². The molecule has 14 heavy (non-hydrogen) atoms. The summed E-state index contributed by atoms with van der Waals surface area (Å²) >= 11 is 6.30. The summed E-state index contributed by atoms with van der Waals surface area (Å²) in [6.45, 7) is 6.32. The number of aromatic amines is 1. The first kappa shape index (κ1) is 10.0. The average Bonchev–Trinajstić information content (AvgIpc) is 2.89. The van der Waals surface area contributed by atoms with Crippen molar-refractivity contribution >= 4 is 11.6 Å². The maximum absolute atomic E-state index is 6.30. The lowest BCUT2D eigenvalue weighted by atomic mass is 10.1. The van der Waals surface area contributed by atoms with Gasteiger partial charge in [0.25, 0.3) is 0 Å². The molecule has 1 atom stereocenters. The van der Waals surface area contributed by atoms with Crippen molar-refractivity contribution in [1.82, 2.24) is 9.97 Å². The summed E-state index contributed by atoms with van der Waals surface area (Å²) in [6, 6.07) is 0. The zero-order chi connectivity index (χ0) is 10.3. The second-order valence-corrected chi connectivity index (χ2v) is 5.02. The van der Waals surface area contributed by atoms with Gasteiger partial charge in [0, 0.05) is 11.6 Å². The number of rotatable bonds is 3. The summed E-state index contributed by atoms with van der Waals surface area (Å²) in [5.41, 5.74) is 2.18. The highest BCUT2D eigenvalue weighted by Crippen LogP contribution is 2.40. The standard InChI is InChI=1S/C11H17ClN2/c1-6(2)9(12)10-7(3)13-11(14-10)8-4-5-8/h6,8-9H,4-5H2,1-3H3,(H,13,14). The minimum Gasteiger partial charge on any atom is -0.346 e. The van der Waals surface area contributed by atoms with Crippen LogP contribution in [0.5, 0.6) is 0 Å². The number of nitrogens with zero attached hydrogens (tertiary/aromatic N) is 1. The van der Waals surface area contributed by atoms with Gasteiger partial charge in [0.1, 0.15) is 5.82 Å². The second-order valence-electron chi connectivity index (χ2n) is 4.55. The van der Waals surface area contributed by atoms with Crippen LogP contribution in [0.15, 0.2) is 0 Å². The molecule has 1 aliphatic rings. The molecule has 0 aliphatic heterocycles. The van der Waals surface area contributed by atoms with Crippen molar-refractivity contribution in [3.63, 3.8) is 0 Å². The van der Waals surface area contributed by atoms with Gasteiger partial charge in [-0.2, -0.15) is 0 Å². The number of aromatic nitrogens is 2. The minimum absolute atomic E-state index is 0.0405. The normalized spacial score (nSPS) is 18.9. The Morgan fingerprint density at radius 2 is 2.07 bits per heavy atom. The Bertz CT molecular complexity index is 326. The minimum atomic E-state index is 0.0405. The Balaban J connectivity index is 2.23. The smallest absolute Gasteiger partial charge is 0.109 e. The lowest BCUT2D eigenvalue weighted by molar-refractivity contribution is 0.610. The molecule has 1 aromatic rings. The SMILES string of the molecule is Cc1[nH]c(C2CC2)nc1C(Cl)C(C)C. The zero-order valence-corrected chi connectivity index (χ0v) is 9.73. The van der Waals surface area contributed by atoms with Gasteiger partial charge in [0.2, 0.25) is 0 Å². The Kier molecular flexibility index (Phi) is 2.56. The molecule has 78 valence electrons. The molecule has 0 bridgehead atoms. The first-order chi connectivity index (χ1) is 6.59. The molecule has 2 nitrogen and oxygen atoms in total. The second kappa shape index (κ2) is 3.58. The van der Waals surface area contributed by atoms with Crippen LogP contribution in [-0.2, 0) is 0 Å². The molecule has 0 radical (unpaired) electrons. The molecule has 0 aromatic carbocycles. The topological polar surface area (TPSA) is 28.7 Å². The number of imidazole rings is 1. The van der Waals surface area contributed by atoms with Gasteiger partial charge < -0.3 is 4.98 Å². The van der Waals surface area contributed by atoms with Crippen LogP contribution < -0.4 is 0 Å². The number of nitrogens with one attached hydrogen (secondary N) is 1. The fourth-order valence-electron chi connectivity index (χ4n) is 1.63. The molecule has 0 spiro atoms. The van der Waals surface area contributed by atoms with Crippen LogP contribution in [0.3, 0.4) is 0 Å². The quantitative estimate of drug-likeness (QED) is 0.763. The number of alkyl halides is 1. The van der Waals surface area contributed by atoms with Crippen molar-refractivity contribution < 1.29 is 0 Å². The number of aryl methyl sites for hydroxylation is 1. The van der Waals surface area contributed by atoms with Crippen LogP contribution >= 0.6 is 11.6 Å². The molecular weight excluding hydrogens is 196 g/mol. The molecule has 1 unspecified atom stereocenters. The van der Waals surface area contributed by atoms with Gasteiger partial charge in [-0.3, -0.25) is 0 Å². The molecule has 1 fully saturated rings. The average molecular weight is 213 g/mol. The van der Waals surface area contributed by atoms with E-state index in [1.165, 1.54) is 12.8 Å². The fourth-order valence-corrected chi connectivity index (χ4v) is 1.84. The van der Waals surface area contributed by atoms with Crippen molar-refractivity contribution in [2.24, 2.45) is 5.92 Å². The highest BCUT2D eigenvalue weighted by molar-refractivity contribution is 6.20. The van der Waals surface area contributed by atoms with Crippen LogP contribution in [0.25, 0.3) is 0 Å². The van der Waals surface area contributed by atoms with Gasteiger partial charge in [-0.1, -0.05) is 13.8 Å². The van der Waals surface area contributed by atoms with E-state index in [-0.39, 0.29) is 5.38 Å². The molecule has 0 amide bonds. The van der Waals surface area contributed by atoms with E-state index in [1.807, 2.05) is 0 Å². The van der Waals surface area contributed by atoms with Crippen molar-refractivity contribution in [1.29, 1.82) is 0 Å². The Labute approximate surface area is 90.1 Å². The third-order valence-electron chi connectivity index (χ3n) is 2.75. The van der Waals surface area contributed by atoms with Gasteiger partial charge in [-0.25, -0.2) is 4.98 Å². The zero-order valence-electron chi connectivity index (χ0n) is 8.97. The Morgan fingerprint density at radius 3 is 2.57 bits per heavy atom. The predicted molar refractivity (Wildman–Crippen MR) is 58.7 cm³/mol. The van der Waals surface area contributed by atoms with Crippen molar-refractivity contribution in [2.45, 2.75) is 44.9 Å². The highest BCUT2D eigenvalue weighted by atomic mass is 35.5. The molecule has 3 heteroatoms. The van der Waals surface area contributed by atoms with Crippen LogP contribution in [0, 0.1) is 12.8 Å². The molecule has 1 aliphatic carbocycles. The highest BCUT2D eigenvalue weighted by Gasteiger charge is 2.29. The molecule has 1 heterocycles. The number of hydrogen-bond acceptors (Lipinski definition) is 1. The van der Waals surface area contributed by atoms with Gasteiger partial charge in [0.05, 0.1) is 11.1 Å². The summed E-state index contributed by atoms with van der Waals surface area (Å²) in [5, 5.41) is 0.0405. The summed E-state index contributed by atoms with van der Waals surface area (Å²) in [7, 11) is 0. The van der Waals surface area contributed by atoms with Gasteiger partial charge >= 0.3 is 0 Å². The van der Waals surface area contributed by atoms with E-state index in [0.717, 1.165) is 17.2 Å². The summed E-state index contributed by atoms with van der Waals surface area (Å²) < 4.78 is 0. The number of hydrogen-bond donors (Lipinski definition) is 1. The largest absolute Gasteiger partial charge is 0.346 e. The maximum Gasteiger partial charge on any atom is 0.109 e. The van der Waals surface area contributed by atoms with Crippen LogP contribution in [-0.4, -0.2) is 9.97 Å². The third-order valence-corrected chi connectivity index (χ3v) is 3.46. The van der Waals surface area contributed by atoms with Crippen LogP contribution in [0.1, 0.15) is 55.2 Å².